The monoisotopic (exact) mass is 417 g/mol. The number of nitrogens with two attached hydrogens (primary N) is 1. The fraction of sp³-hybridized carbons (Fsp3) is 0.652. The van der Waals surface area contributed by atoms with Crippen molar-refractivity contribution in [3.63, 3.8) is 0 Å². The maximum Gasteiger partial charge on any atom is 0.414 e. The minimum atomic E-state index is -0.490. The van der Waals surface area contributed by atoms with E-state index in [-0.39, 0.29) is 18.2 Å². The summed E-state index contributed by atoms with van der Waals surface area (Å²) >= 11 is 0. The standard InChI is InChI=1S/C23H35N3O4/c1-15-8-10-18-19(26(15)22(28)29-5)11-9-17(20(18)24)13-16-7-6-12-25(14-16)21(27)30-23(2,3)4/h9,11,15-16H,6-8,10,12-14,24H2,1-5H3/t15-,16-/m0/s1. The Hall–Kier alpha value is -2.44. The molecule has 2 heterocycles. The highest BCUT2D eigenvalue weighted by Gasteiger charge is 2.32. The average Bonchev–Trinajstić information content (AvgIpc) is 2.68. The number of fused-ring (bicyclic) bond motifs is 1. The van der Waals surface area contributed by atoms with Crippen molar-refractivity contribution in [2.75, 3.05) is 30.8 Å². The largest absolute Gasteiger partial charge is 0.452 e. The lowest BCUT2D eigenvalue weighted by molar-refractivity contribution is 0.0166. The van der Waals surface area contributed by atoms with Crippen LogP contribution in [0.4, 0.5) is 21.0 Å². The number of nitrogens with zero attached hydrogens (tertiary/aromatic N) is 2. The Morgan fingerprint density at radius 2 is 1.93 bits per heavy atom. The molecule has 30 heavy (non-hydrogen) atoms. The number of benzene rings is 1. The summed E-state index contributed by atoms with van der Waals surface area (Å²) in [6.07, 6.45) is 3.93. The zero-order chi connectivity index (χ0) is 22.1. The predicted octanol–water partition coefficient (Wildman–Crippen LogP) is 4.37. The van der Waals surface area contributed by atoms with Gasteiger partial charge in [0.15, 0.2) is 0 Å². The fourth-order valence-corrected chi connectivity index (χ4v) is 4.50. The number of hydrogen-bond donors (Lipinski definition) is 1. The average molecular weight is 418 g/mol. The maximum absolute atomic E-state index is 12.5. The van der Waals surface area contributed by atoms with Gasteiger partial charge in [0.05, 0.1) is 12.8 Å². The molecule has 0 unspecified atom stereocenters. The Labute approximate surface area is 179 Å². The van der Waals surface area contributed by atoms with Gasteiger partial charge in [-0.05, 0) is 82.9 Å². The zero-order valence-corrected chi connectivity index (χ0v) is 18.9. The smallest absolute Gasteiger partial charge is 0.414 e. The Kier molecular flexibility index (Phi) is 6.48. The first-order valence-electron chi connectivity index (χ1n) is 10.9. The topological polar surface area (TPSA) is 85.1 Å². The number of piperidine rings is 1. The van der Waals surface area contributed by atoms with Crippen LogP contribution in [-0.2, 0) is 22.3 Å². The Morgan fingerprint density at radius 3 is 2.60 bits per heavy atom. The van der Waals surface area contributed by atoms with Crippen LogP contribution in [0.25, 0.3) is 0 Å². The number of anilines is 2. The molecule has 1 saturated heterocycles. The van der Waals surface area contributed by atoms with Gasteiger partial charge < -0.3 is 20.1 Å². The van der Waals surface area contributed by atoms with E-state index in [1.54, 1.807) is 4.90 Å². The van der Waals surface area contributed by atoms with Gasteiger partial charge in [0.2, 0.25) is 0 Å². The first kappa shape index (κ1) is 22.2. The van der Waals surface area contributed by atoms with Gasteiger partial charge in [0.1, 0.15) is 5.60 Å². The van der Waals surface area contributed by atoms with Crippen molar-refractivity contribution >= 4 is 23.6 Å². The molecule has 1 fully saturated rings. The second kappa shape index (κ2) is 8.74. The number of likely N-dealkylation sites (tertiary alicyclic amines) is 1. The lowest BCUT2D eigenvalue weighted by Crippen LogP contribution is -2.43. The molecule has 0 aromatic heterocycles. The van der Waals surface area contributed by atoms with Gasteiger partial charge in [0.25, 0.3) is 0 Å². The third kappa shape index (κ3) is 4.82. The molecule has 166 valence electrons. The van der Waals surface area contributed by atoms with Crippen LogP contribution in [0.5, 0.6) is 0 Å². The molecule has 0 saturated carbocycles. The van der Waals surface area contributed by atoms with Crippen LogP contribution in [0.2, 0.25) is 0 Å². The number of hydrogen-bond acceptors (Lipinski definition) is 5. The lowest BCUT2D eigenvalue weighted by atomic mass is 9.87. The van der Waals surface area contributed by atoms with E-state index >= 15 is 0 Å². The van der Waals surface area contributed by atoms with Crippen molar-refractivity contribution < 1.29 is 19.1 Å². The highest BCUT2D eigenvalue weighted by Crippen LogP contribution is 2.37. The van der Waals surface area contributed by atoms with E-state index in [4.69, 9.17) is 15.2 Å². The van der Waals surface area contributed by atoms with E-state index < -0.39 is 5.60 Å². The number of rotatable bonds is 2. The highest BCUT2D eigenvalue weighted by atomic mass is 16.6. The molecule has 2 amide bonds. The first-order chi connectivity index (χ1) is 14.1. The van der Waals surface area contributed by atoms with E-state index in [2.05, 4.69) is 0 Å². The van der Waals surface area contributed by atoms with E-state index in [0.29, 0.717) is 12.5 Å². The van der Waals surface area contributed by atoms with Crippen LogP contribution in [0.3, 0.4) is 0 Å². The van der Waals surface area contributed by atoms with E-state index in [1.807, 2.05) is 44.7 Å². The fourth-order valence-electron chi connectivity index (χ4n) is 4.50. The molecule has 0 aliphatic carbocycles. The summed E-state index contributed by atoms with van der Waals surface area (Å²) in [4.78, 5) is 28.2. The summed E-state index contributed by atoms with van der Waals surface area (Å²) < 4.78 is 10.5. The number of ether oxygens (including phenoxy) is 2. The third-order valence-corrected chi connectivity index (χ3v) is 5.99. The second-order valence-corrected chi connectivity index (χ2v) is 9.50. The van der Waals surface area contributed by atoms with Gasteiger partial charge in [-0.2, -0.15) is 0 Å². The number of carbonyl (C=O) groups excluding carboxylic acids is 2. The van der Waals surface area contributed by atoms with Crippen molar-refractivity contribution in [1.82, 2.24) is 4.90 Å². The summed E-state index contributed by atoms with van der Waals surface area (Å²) in [5.74, 6) is 0.339. The van der Waals surface area contributed by atoms with E-state index in [1.165, 1.54) is 7.11 Å². The van der Waals surface area contributed by atoms with Gasteiger partial charge in [0, 0.05) is 24.8 Å². The molecule has 1 aromatic rings. The van der Waals surface area contributed by atoms with Crippen molar-refractivity contribution in [2.24, 2.45) is 5.92 Å². The minimum Gasteiger partial charge on any atom is -0.452 e. The highest BCUT2D eigenvalue weighted by molar-refractivity contribution is 5.91. The lowest BCUT2D eigenvalue weighted by Gasteiger charge is -2.36. The zero-order valence-electron chi connectivity index (χ0n) is 18.9. The normalized spacial score (nSPS) is 21.8. The van der Waals surface area contributed by atoms with Crippen LogP contribution >= 0.6 is 0 Å². The van der Waals surface area contributed by atoms with E-state index in [9.17, 15) is 9.59 Å². The Morgan fingerprint density at radius 1 is 1.20 bits per heavy atom. The number of amides is 2. The molecular formula is C23H35N3O4. The Balaban J connectivity index is 1.75. The Bertz CT molecular complexity index is 802. The maximum atomic E-state index is 12.5. The summed E-state index contributed by atoms with van der Waals surface area (Å²) in [6.45, 7) is 9.10. The van der Waals surface area contributed by atoms with Crippen LogP contribution in [0.15, 0.2) is 12.1 Å². The van der Waals surface area contributed by atoms with Gasteiger partial charge in [-0.15, -0.1) is 0 Å². The molecule has 0 radical (unpaired) electrons. The quantitative estimate of drug-likeness (QED) is 0.723. The molecule has 2 atom stereocenters. The molecule has 3 rings (SSSR count). The van der Waals surface area contributed by atoms with Gasteiger partial charge >= 0.3 is 12.2 Å². The first-order valence-corrected chi connectivity index (χ1v) is 10.9. The van der Waals surface area contributed by atoms with Crippen molar-refractivity contribution in [1.29, 1.82) is 0 Å². The van der Waals surface area contributed by atoms with Crippen molar-refractivity contribution in [3.8, 4) is 0 Å². The second-order valence-electron chi connectivity index (χ2n) is 9.50. The van der Waals surface area contributed by atoms with Crippen LogP contribution < -0.4 is 10.6 Å². The molecule has 7 nitrogen and oxygen atoms in total. The number of methoxy groups -OCH3 is 1. The number of carbonyl (C=O) groups is 2. The van der Waals surface area contributed by atoms with Crippen LogP contribution in [0.1, 0.15) is 58.1 Å². The number of nitrogen functional groups attached to an aromatic ring is 1. The van der Waals surface area contributed by atoms with Crippen molar-refractivity contribution in [3.05, 3.63) is 23.3 Å². The summed E-state index contributed by atoms with van der Waals surface area (Å²) in [5, 5.41) is 0. The molecule has 1 aromatic carbocycles. The molecule has 2 aliphatic rings. The molecule has 2 N–H and O–H groups in total. The molecule has 7 heteroatoms. The summed E-state index contributed by atoms with van der Waals surface area (Å²) in [7, 11) is 1.40. The molecule has 0 spiro atoms. The van der Waals surface area contributed by atoms with Gasteiger partial charge in [-0.1, -0.05) is 6.07 Å². The third-order valence-electron chi connectivity index (χ3n) is 5.99. The van der Waals surface area contributed by atoms with Gasteiger partial charge in [-0.25, -0.2) is 9.59 Å². The minimum absolute atomic E-state index is 0.0796. The molecule has 2 aliphatic heterocycles. The van der Waals surface area contributed by atoms with Crippen LogP contribution in [-0.4, -0.2) is 48.9 Å². The predicted molar refractivity (Wildman–Crippen MR) is 118 cm³/mol. The summed E-state index contributed by atoms with van der Waals surface area (Å²) in [5.41, 5.74) is 9.80. The molecule has 0 bridgehead atoms. The van der Waals surface area contributed by atoms with Crippen LogP contribution in [0, 0.1) is 5.92 Å². The van der Waals surface area contributed by atoms with Crippen molar-refractivity contribution in [2.45, 2.75) is 71.4 Å². The van der Waals surface area contributed by atoms with Gasteiger partial charge in [-0.3, -0.25) is 4.90 Å². The summed E-state index contributed by atoms with van der Waals surface area (Å²) in [6, 6.07) is 4.09. The van der Waals surface area contributed by atoms with E-state index in [0.717, 1.165) is 61.2 Å². The SMILES string of the molecule is COC(=O)N1c2ccc(C[C@@H]3CCCN(C(=O)OC(C)(C)C)C3)c(N)c2CC[C@@H]1C. The molecular weight excluding hydrogens is 382 g/mol.